The smallest absolute Gasteiger partial charge is 0.134 e. The first kappa shape index (κ1) is 7.73. The van der Waals surface area contributed by atoms with Gasteiger partial charge in [-0.3, -0.25) is 4.79 Å². The lowest BCUT2D eigenvalue weighted by Crippen LogP contribution is -2.29. The van der Waals surface area contributed by atoms with Gasteiger partial charge in [-0.25, -0.2) is 0 Å². The van der Waals surface area contributed by atoms with E-state index in [1.54, 1.807) is 0 Å². The quantitative estimate of drug-likeness (QED) is 0.573. The van der Waals surface area contributed by atoms with Crippen molar-refractivity contribution in [1.82, 2.24) is 4.90 Å². The summed E-state index contributed by atoms with van der Waals surface area (Å²) in [7, 11) is 2.09. The fraction of sp³-hybridized carbons (Fsp3) is 0.875. The maximum atomic E-state index is 10.8. The topological polar surface area (TPSA) is 20.3 Å². The molecule has 0 N–H and O–H groups in total. The van der Waals surface area contributed by atoms with E-state index < -0.39 is 0 Å². The monoisotopic (exact) mass is 141 g/mol. The SMILES string of the molecule is CCN(C)C1CCC(=O)C1. The summed E-state index contributed by atoms with van der Waals surface area (Å²) < 4.78 is 0. The van der Waals surface area contributed by atoms with E-state index in [9.17, 15) is 4.79 Å². The zero-order chi connectivity index (χ0) is 7.56. The molecular formula is C8H15NO. The fourth-order valence-electron chi connectivity index (χ4n) is 1.43. The molecule has 0 amide bonds. The summed E-state index contributed by atoms with van der Waals surface area (Å²) in [6.07, 6.45) is 2.66. The molecule has 1 atom stereocenters. The van der Waals surface area contributed by atoms with Crippen molar-refractivity contribution in [3.05, 3.63) is 0 Å². The molecule has 1 rings (SSSR count). The van der Waals surface area contributed by atoms with E-state index >= 15 is 0 Å². The van der Waals surface area contributed by atoms with Crippen LogP contribution in [0.3, 0.4) is 0 Å². The molecule has 2 nitrogen and oxygen atoms in total. The van der Waals surface area contributed by atoms with Crippen LogP contribution in [0.25, 0.3) is 0 Å². The minimum absolute atomic E-state index is 0.435. The predicted molar refractivity (Wildman–Crippen MR) is 41.0 cm³/mol. The van der Waals surface area contributed by atoms with Crippen LogP contribution < -0.4 is 0 Å². The molecule has 2 heteroatoms. The molecule has 0 aromatic carbocycles. The molecule has 1 saturated carbocycles. The van der Waals surface area contributed by atoms with Gasteiger partial charge in [0.25, 0.3) is 0 Å². The summed E-state index contributed by atoms with van der Waals surface area (Å²) in [5.74, 6) is 0.435. The molecule has 0 radical (unpaired) electrons. The van der Waals surface area contributed by atoms with Crippen molar-refractivity contribution >= 4 is 5.78 Å². The van der Waals surface area contributed by atoms with E-state index in [0.717, 1.165) is 25.8 Å². The molecular weight excluding hydrogens is 126 g/mol. The zero-order valence-electron chi connectivity index (χ0n) is 6.76. The number of carbonyl (C=O) groups is 1. The Kier molecular flexibility index (Phi) is 2.44. The van der Waals surface area contributed by atoms with Gasteiger partial charge in [0.2, 0.25) is 0 Å². The molecule has 1 fully saturated rings. The van der Waals surface area contributed by atoms with Crippen molar-refractivity contribution in [2.75, 3.05) is 13.6 Å². The number of carbonyl (C=O) groups excluding carboxylic acids is 1. The molecule has 1 aliphatic rings. The van der Waals surface area contributed by atoms with Crippen LogP contribution in [-0.4, -0.2) is 30.3 Å². The van der Waals surface area contributed by atoms with Crippen LogP contribution in [0.2, 0.25) is 0 Å². The number of hydrogen-bond acceptors (Lipinski definition) is 2. The predicted octanol–water partition coefficient (Wildman–Crippen LogP) is 1.06. The largest absolute Gasteiger partial charge is 0.303 e. The second-order valence-electron chi connectivity index (χ2n) is 3.01. The van der Waals surface area contributed by atoms with E-state index in [2.05, 4.69) is 18.9 Å². The number of rotatable bonds is 2. The Morgan fingerprint density at radius 1 is 1.70 bits per heavy atom. The highest BCUT2D eigenvalue weighted by Crippen LogP contribution is 2.18. The summed E-state index contributed by atoms with van der Waals surface area (Å²) >= 11 is 0. The summed E-state index contributed by atoms with van der Waals surface area (Å²) in [6.45, 7) is 3.18. The van der Waals surface area contributed by atoms with Crippen molar-refractivity contribution in [2.24, 2.45) is 0 Å². The van der Waals surface area contributed by atoms with Crippen LogP contribution in [0, 0.1) is 0 Å². The standard InChI is InChI=1S/C8H15NO/c1-3-9(2)7-4-5-8(10)6-7/h7H,3-6H2,1-2H3. The maximum Gasteiger partial charge on any atom is 0.134 e. The average Bonchev–Trinajstić information content (AvgIpc) is 2.34. The maximum absolute atomic E-state index is 10.8. The Balaban J connectivity index is 2.36. The molecule has 58 valence electrons. The first-order chi connectivity index (χ1) is 4.74. The summed E-state index contributed by atoms with van der Waals surface area (Å²) in [5, 5.41) is 0. The first-order valence-electron chi connectivity index (χ1n) is 3.96. The van der Waals surface area contributed by atoms with Crippen LogP contribution in [0.5, 0.6) is 0 Å². The minimum atomic E-state index is 0.435. The van der Waals surface area contributed by atoms with E-state index in [-0.39, 0.29) is 0 Å². The average molecular weight is 141 g/mol. The molecule has 10 heavy (non-hydrogen) atoms. The molecule has 0 spiro atoms. The third-order valence-electron chi connectivity index (χ3n) is 2.34. The second kappa shape index (κ2) is 3.15. The van der Waals surface area contributed by atoms with Crippen LogP contribution in [-0.2, 0) is 4.79 Å². The molecule has 0 aromatic rings. The highest BCUT2D eigenvalue weighted by molar-refractivity contribution is 5.81. The fourth-order valence-corrected chi connectivity index (χ4v) is 1.43. The number of hydrogen-bond donors (Lipinski definition) is 0. The third-order valence-corrected chi connectivity index (χ3v) is 2.34. The molecule has 0 saturated heterocycles. The summed E-state index contributed by atoms with van der Waals surface area (Å²) in [4.78, 5) is 13.1. The van der Waals surface area contributed by atoms with Crippen molar-refractivity contribution < 1.29 is 4.79 Å². The Hall–Kier alpha value is -0.370. The lowest BCUT2D eigenvalue weighted by atomic mass is 10.2. The van der Waals surface area contributed by atoms with Gasteiger partial charge < -0.3 is 4.90 Å². The lowest BCUT2D eigenvalue weighted by molar-refractivity contribution is -0.117. The Morgan fingerprint density at radius 2 is 2.40 bits per heavy atom. The number of ketones is 1. The number of nitrogens with zero attached hydrogens (tertiary/aromatic N) is 1. The highest BCUT2D eigenvalue weighted by atomic mass is 16.1. The van der Waals surface area contributed by atoms with Gasteiger partial charge in [0.05, 0.1) is 0 Å². The molecule has 1 aliphatic carbocycles. The van der Waals surface area contributed by atoms with Gasteiger partial charge >= 0.3 is 0 Å². The second-order valence-corrected chi connectivity index (χ2v) is 3.01. The van der Waals surface area contributed by atoms with Gasteiger partial charge in [0, 0.05) is 18.9 Å². The van der Waals surface area contributed by atoms with Crippen LogP contribution in [0.4, 0.5) is 0 Å². The van der Waals surface area contributed by atoms with Crippen molar-refractivity contribution in [3.8, 4) is 0 Å². The highest BCUT2D eigenvalue weighted by Gasteiger charge is 2.24. The van der Waals surface area contributed by atoms with Crippen molar-refractivity contribution in [3.63, 3.8) is 0 Å². The van der Waals surface area contributed by atoms with Gasteiger partial charge in [-0.05, 0) is 20.0 Å². The van der Waals surface area contributed by atoms with Gasteiger partial charge in [0.1, 0.15) is 5.78 Å². The van der Waals surface area contributed by atoms with E-state index in [1.165, 1.54) is 0 Å². The van der Waals surface area contributed by atoms with Crippen LogP contribution >= 0.6 is 0 Å². The van der Waals surface area contributed by atoms with Crippen molar-refractivity contribution in [2.45, 2.75) is 32.2 Å². The molecule has 0 aromatic heterocycles. The van der Waals surface area contributed by atoms with Gasteiger partial charge in [-0.2, -0.15) is 0 Å². The summed E-state index contributed by atoms with van der Waals surface area (Å²) in [6, 6.07) is 0.539. The normalized spacial score (nSPS) is 26.3. The molecule has 0 aliphatic heterocycles. The molecule has 0 heterocycles. The number of Topliss-reactive ketones (excluding diaryl/α,β-unsaturated/α-hetero) is 1. The van der Waals surface area contributed by atoms with Gasteiger partial charge in [-0.15, -0.1) is 0 Å². The lowest BCUT2D eigenvalue weighted by Gasteiger charge is -2.20. The molecule has 1 unspecified atom stereocenters. The van der Waals surface area contributed by atoms with Crippen molar-refractivity contribution in [1.29, 1.82) is 0 Å². The van der Waals surface area contributed by atoms with Crippen LogP contribution in [0.15, 0.2) is 0 Å². The molecule has 0 bridgehead atoms. The van der Waals surface area contributed by atoms with E-state index in [0.29, 0.717) is 11.8 Å². The van der Waals surface area contributed by atoms with E-state index in [4.69, 9.17) is 0 Å². The first-order valence-corrected chi connectivity index (χ1v) is 3.96. The Morgan fingerprint density at radius 3 is 2.80 bits per heavy atom. The Bertz CT molecular complexity index is 133. The van der Waals surface area contributed by atoms with Crippen LogP contribution in [0.1, 0.15) is 26.2 Å². The van der Waals surface area contributed by atoms with Gasteiger partial charge in [0.15, 0.2) is 0 Å². The zero-order valence-corrected chi connectivity index (χ0v) is 6.76. The Labute approximate surface area is 62.2 Å². The summed E-state index contributed by atoms with van der Waals surface area (Å²) in [5.41, 5.74) is 0. The minimum Gasteiger partial charge on any atom is -0.303 e. The third kappa shape index (κ3) is 1.57. The van der Waals surface area contributed by atoms with Gasteiger partial charge in [-0.1, -0.05) is 6.92 Å². The van der Waals surface area contributed by atoms with E-state index in [1.807, 2.05) is 0 Å².